The van der Waals surface area contributed by atoms with Crippen molar-refractivity contribution in [2.45, 2.75) is 38.9 Å². The maximum atomic E-state index is 11.5. The number of hydrogen-bond donors (Lipinski definition) is 1. The predicted molar refractivity (Wildman–Crippen MR) is 98.4 cm³/mol. The number of phenols is 1. The number of carbonyl (C=O) groups is 1. The van der Waals surface area contributed by atoms with Gasteiger partial charge in [-0.1, -0.05) is 50.6 Å². The van der Waals surface area contributed by atoms with E-state index < -0.39 is 12.3 Å². The molecule has 0 radical (unpaired) electrons. The molecule has 1 N–H and O–H groups in total. The molecule has 132 valence electrons. The van der Waals surface area contributed by atoms with Crippen molar-refractivity contribution in [3.63, 3.8) is 0 Å². The van der Waals surface area contributed by atoms with Crippen LogP contribution in [0.25, 0.3) is 11.1 Å². The van der Waals surface area contributed by atoms with Crippen LogP contribution in [0, 0.1) is 0 Å². The average molecular weight is 340 g/mol. The Bertz CT molecular complexity index is 674. The van der Waals surface area contributed by atoms with E-state index in [-0.39, 0.29) is 5.75 Å². The van der Waals surface area contributed by atoms with E-state index in [9.17, 15) is 9.90 Å². The summed E-state index contributed by atoms with van der Waals surface area (Å²) in [6, 6.07) is 14.6. The van der Waals surface area contributed by atoms with Crippen LogP contribution in [0.1, 0.15) is 32.6 Å². The topological polar surface area (TPSA) is 55.8 Å². The standard InChI is InChI=1S/C21H24O4/c1-3-5-6-7-21(25-20(23)4-2)24-19-14-10-17(11-15-19)16-8-12-18(22)13-9-16/h4,8-15,21-22H,2-3,5-7H2,1H3. The fraction of sp³-hybridized carbons (Fsp3) is 0.286. The van der Waals surface area contributed by atoms with Gasteiger partial charge in [0.1, 0.15) is 11.5 Å². The van der Waals surface area contributed by atoms with Crippen molar-refractivity contribution in [2.24, 2.45) is 0 Å². The molecule has 2 rings (SSSR count). The molecule has 1 unspecified atom stereocenters. The lowest BCUT2D eigenvalue weighted by Crippen LogP contribution is -2.23. The Hall–Kier alpha value is -2.75. The number of hydrogen-bond acceptors (Lipinski definition) is 4. The number of unbranched alkanes of at least 4 members (excludes halogenated alkanes) is 2. The highest BCUT2D eigenvalue weighted by atomic mass is 16.7. The molecule has 0 heterocycles. The summed E-state index contributed by atoms with van der Waals surface area (Å²) in [6.45, 7) is 5.54. The van der Waals surface area contributed by atoms with Crippen LogP contribution < -0.4 is 4.74 Å². The van der Waals surface area contributed by atoms with E-state index in [2.05, 4.69) is 13.5 Å². The second-order valence-electron chi connectivity index (χ2n) is 5.76. The zero-order valence-corrected chi connectivity index (χ0v) is 14.5. The Kier molecular flexibility index (Phi) is 7.08. The highest BCUT2D eigenvalue weighted by molar-refractivity contribution is 5.81. The van der Waals surface area contributed by atoms with Crippen molar-refractivity contribution in [2.75, 3.05) is 0 Å². The molecule has 0 bridgehead atoms. The molecular formula is C21H24O4. The molecule has 0 aromatic heterocycles. The highest BCUT2D eigenvalue weighted by Crippen LogP contribution is 2.25. The van der Waals surface area contributed by atoms with Gasteiger partial charge in [0.2, 0.25) is 6.29 Å². The van der Waals surface area contributed by atoms with Crippen molar-refractivity contribution < 1.29 is 19.4 Å². The van der Waals surface area contributed by atoms with Gasteiger partial charge in [-0.25, -0.2) is 4.79 Å². The molecule has 2 aromatic carbocycles. The molecule has 4 heteroatoms. The summed E-state index contributed by atoms with van der Waals surface area (Å²) in [4.78, 5) is 11.5. The van der Waals surface area contributed by atoms with E-state index >= 15 is 0 Å². The lowest BCUT2D eigenvalue weighted by atomic mass is 10.1. The van der Waals surface area contributed by atoms with Crippen LogP contribution in [-0.4, -0.2) is 17.4 Å². The van der Waals surface area contributed by atoms with E-state index in [1.165, 1.54) is 0 Å². The molecule has 2 aromatic rings. The molecule has 0 saturated carbocycles. The van der Waals surface area contributed by atoms with Gasteiger partial charge in [-0.15, -0.1) is 0 Å². The monoisotopic (exact) mass is 340 g/mol. The summed E-state index contributed by atoms with van der Waals surface area (Å²) in [7, 11) is 0. The molecular weight excluding hydrogens is 316 g/mol. The molecule has 0 amide bonds. The fourth-order valence-electron chi connectivity index (χ4n) is 2.41. The van der Waals surface area contributed by atoms with E-state index in [0.717, 1.165) is 36.5 Å². The van der Waals surface area contributed by atoms with Crippen molar-refractivity contribution in [1.82, 2.24) is 0 Å². The van der Waals surface area contributed by atoms with Crippen LogP contribution in [0.3, 0.4) is 0 Å². The first-order valence-electron chi connectivity index (χ1n) is 8.51. The number of aromatic hydroxyl groups is 1. The third-order valence-corrected chi connectivity index (χ3v) is 3.78. The first-order valence-corrected chi connectivity index (χ1v) is 8.51. The first-order chi connectivity index (χ1) is 12.1. The normalized spacial score (nSPS) is 11.6. The second kappa shape index (κ2) is 9.52. The third kappa shape index (κ3) is 5.99. The van der Waals surface area contributed by atoms with Gasteiger partial charge in [-0.3, -0.25) is 0 Å². The van der Waals surface area contributed by atoms with Gasteiger partial charge in [-0.2, -0.15) is 0 Å². The van der Waals surface area contributed by atoms with E-state index in [1.54, 1.807) is 12.1 Å². The van der Waals surface area contributed by atoms with Crippen molar-refractivity contribution in [1.29, 1.82) is 0 Å². The van der Waals surface area contributed by atoms with Crippen LogP contribution in [0.4, 0.5) is 0 Å². The summed E-state index contributed by atoms with van der Waals surface area (Å²) in [6.07, 6.45) is 4.25. The number of benzene rings is 2. The fourth-order valence-corrected chi connectivity index (χ4v) is 2.41. The zero-order chi connectivity index (χ0) is 18.1. The molecule has 1 atom stereocenters. The van der Waals surface area contributed by atoms with E-state index in [4.69, 9.17) is 9.47 Å². The number of esters is 1. The molecule has 0 fully saturated rings. The van der Waals surface area contributed by atoms with Crippen LogP contribution in [-0.2, 0) is 9.53 Å². The molecule has 4 nitrogen and oxygen atoms in total. The van der Waals surface area contributed by atoms with Crippen LogP contribution in [0.5, 0.6) is 11.5 Å². The minimum absolute atomic E-state index is 0.239. The molecule has 0 saturated heterocycles. The first kappa shape index (κ1) is 18.6. The van der Waals surface area contributed by atoms with Crippen LogP contribution in [0.2, 0.25) is 0 Å². The van der Waals surface area contributed by atoms with E-state index in [1.807, 2.05) is 36.4 Å². The van der Waals surface area contributed by atoms with Gasteiger partial charge in [0, 0.05) is 12.5 Å². The Morgan fingerprint density at radius 3 is 2.24 bits per heavy atom. The minimum Gasteiger partial charge on any atom is -0.508 e. The van der Waals surface area contributed by atoms with Crippen molar-refractivity contribution >= 4 is 5.97 Å². The van der Waals surface area contributed by atoms with E-state index in [0.29, 0.717) is 12.2 Å². The van der Waals surface area contributed by atoms with Crippen LogP contribution >= 0.6 is 0 Å². The summed E-state index contributed by atoms with van der Waals surface area (Å²) in [5.41, 5.74) is 2.01. The average Bonchev–Trinajstić information content (AvgIpc) is 2.63. The molecule has 0 aliphatic carbocycles. The zero-order valence-electron chi connectivity index (χ0n) is 14.5. The lowest BCUT2D eigenvalue weighted by Gasteiger charge is -2.19. The Balaban J connectivity index is 2.03. The minimum atomic E-state index is -0.614. The molecule has 0 aliphatic rings. The molecule has 0 aliphatic heterocycles. The molecule has 25 heavy (non-hydrogen) atoms. The van der Waals surface area contributed by atoms with Gasteiger partial charge < -0.3 is 14.6 Å². The summed E-state index contributed by atoms with van der Waals surface area (Å²) in [5.74, 6) is 0.394. The lowest BCUT2D eigenvalue weighted by molar-refractivity contribution is -0.158. The quantitative estimate of drug-likeness (QED) is 0.299. The Morgan fingerprint density at radius 1 is 1.08 bits per heavy atom. The smallest absolute Gasteiger partial charge is 0.333 e. The number of carbonyl (C=O) groups excluding carboxylic acids is 1. The highest BCUT2D eigenvalue weighted by Gasteiger charge is 2.14. The Labute approximate surface area is 148 Å². The summed E-state index contributed by atoms with van der Waals surface area (Å²) < 4.78 is 11.1. The van der Waals surface area contributed by atoms with Gasteiger partial charge in [-0.05, 0) is 41.8 Å². The maximum absolute atomic E-state index is 11.5. The molecule has 0 spiro atoms. The number of rotatable bonds is 9. The number of phenolic OH excluding ortho intramolecular Hbond substituents is 1. The van der Waals surface area contributed by atoms with Gasteiger partial charge >= 0.3 is 5.97 Å². The van der Waals surface area contributed by atoms with Gasteiger partial charge in [0.05, 0.1) is 0 Å². The van der Waals surface area contributed by atoms with Crippen molar-refractivity contribution in [3.05, 3.63) is 61.2 Å². The summed E-state index contributed by atoms with van der Waals surface area (Å²) >= 11 is 0. The number of ether oxygens (including phenoxy) is 2. The van der Waals surface area contributed by atoms with Crippen LogP contribution in [0.15, 0.2) is 61.2 Å². The largest absolute Gasteiger partial charge is 0.508 e. The predicted octanol–water partition coefficient (Wildman–Crippen LogP) is 5.07. The maximum Gasteiger partial charge on any atom is 0.333 e. The second-order valence-corrected chi connectivity index (χ2v) is 5.76. The van der Waals surface area contributed by atoms with Gasteiger partial charge in [0.15, 0.2) is 0 Å². The van der Waals surface area contributed by atoms with Gasteiger partial charge in [0.25, 0.3) is 0 Å². The van der Waals surface area contributed by atoms with Crippen molar-refractivity contribution in [3.8, 4) is 22.6 Å². The third-order valence-electron chi connectivity index (χ3n) is 3.78. The SMILES string of the molecule is C=CC(=O)OC(CCCCC)Oc1ccc(-c2ccc(O)cc2)cc1. The summed E-state index contributed by atoms with van der Waals surface area (Å²) in [5, 5.41) is 9.36. The Morgan fingerprint density at radius 2 is 1.68 bits per heavy atom.